The molecule has 1 heterocycles. The maximum Gasteiger partial charge on any atom is 0.337 e. The Morgan fingerprint density at radius 2 is 2.41 bits per heavy atom. The van der Waals surface area contributed by atoms with Crippen molar-refractivity contribution >= 4 is 17.3 Å². The third kappa shape index (κ3) is 2.88. The number of nitrogens with one attached hydrogen (secondary N) is 1. The maximum atomic E-state index is 11.0. The molecule has 0 spiro atoms. The van der Waals surface area contributed by atoms with Crippen LogP contribution in [0.25, 0.3) is 0 Å². The van der Waals surface area contributed by atoms with Gasteiger partial charge in [0.15, 0.2) is 0 Å². The van der Waals surface area contributed by atoms with Gasteiger partial charge in [-0.15, -0.1) is 0 Å². The van der Waals surface area contributed by atoms with Gasteiger partial charge in [0.1, 0.15) is 0 Å². The van der Waals surface area contributed by atoms with Crippen molar-refractivity contribution in [1.82, 2.24) is 0 Å². The third-order valence-corrected chi connectivity index (χ3v) is 2.82. The number of carbonyl (C=O) groups is 1. The first-order chi connectivity index (χ1) is 8.16. The number of rotatable bonds is 4. The molecule has 0 saturated carbocycles. The van der Waals surface area contributed by atoms with Crippen LogP contribution in [0, 0.1) is 0 Å². The lowest BCUT2D eigenvalue weighted by Gasteiger charge is -2.14. The summed E-state index contributed by atoms with van der Waals surface area (Å²) in [5.74, 6) is -0.979. The Kier molecular flexibility index (Phi) is 3.49. The summed E-state index contributed by atoms with van der Waals surface area (Å²) >= 11 is 0. The number of anilines is 2. The Morgan fingerprint density at radius 3 is 3.06 bits per heavy atom. The van der Waals surface area contributed by atoms with E-state index in [4.69, 9.17) is 15.6 Å². The largest absolute Gasteiger partial charge is 0.478 e. The fourth-order valence-electron chi connectivity index (χ4n) is 1.92. The van der Waals surface area contributed by atoms with Crippen LogP contribution in [0.4, 0.5) is 11.4 Å². The lowest BCUT2D eigenvalue weighted by atomic mass is 10.1. The summed E-state index contributed by atoms with van der Waals surface area (Å²) in [6.45, 7) is 1.42. The Balaban J connectivity index is 2.06. The van der Waals surface area contributed by atoms with Crippen molar-refractivity contribution in [3.63, 3.8) is 0 Å². The topological polar surface area (TPSA) is 84.6 Å². The van der Waals surface area contributed by atoms with Gasteiger partial charge in [-0.1, -0.05) is 0 Å². The summed E-state index contributed by atoms with van der Waals surface area (Å²) in [5.41, 5.74) is 6.80. The number of carboxylic acid groups (broad SMARTS) is 1. The smallest absolute Gasteiger partial charge is 0.337 e. The van der Waals surface area contributed by atoms with Crippen LogP contribution in [0.3, 0.4) is 0 Å². The minimum atomic E-state index is -0.979. The zero-order chi connectivity index (χ0) is 12.3. The molecule has 0 aromatic heterocycles. The minimum absolute atomic E-state index is 0.175. The van der Waals surface area contributed by atoms with Crippen LogP contribution >= 0.6 is 0 Å². The number of hydrogen-bond acceptors (Lipinski definition) is 4. The second-order valence-corrected chi connectivity index (χ2v) is 4.13. The Morgan fingerprint density at radius 1 is 1.59 bits per heavy atom. The molecule has 0 bridgehead atoms. The number of nitrogens with two attached hydrogens (primary N) is 1. The van der Waals surface area contributed by atoms with Crippen molar-refractivity contribution in [3.8, 4) is 0 Å². The zero-order valence-corrected chi connectivity index (χ0v) is 9.48. The van der Waals surface area contributed by atoms with E-state index in [1.807, 2.05) is 0 Å². The Labute approximate surface area is 99.6 Å². The van der Waals surface area contributed by atoms with E-state index in [0.29, 0.717) is 17.9 Å². The summed E-state index contributed by atoms with van der Waals surface area (Å²) < 4.78 is 5.46. The second kappa shape index (κ2) is 5.05. The predicted molar refractivity (Wildman–Crippen MR) is 65.3 cm³/mol. The van der Waals surface area contributed by atoms with E-state index in [1.54, 1.807) is 12.1 Å². The zero-order valence-electron chi connectivity index (χ0n) is 9.48. The lowest BCUT2D eigenvalue weighted by molar-refractivity contribution is 0.0697. The van der Waals surface area contributed by atoms with E-state index in [0.717, 1.165) is 19.4 Å². The van der Waals surface area contributed by atoms with E-state index >= 15 is 0 Å². The molecule has 2 rings (SSSR count). The van der Waals surface area contributed by atoms with Crippen LogP contribution < -0.4 is 11.1 Å². The van der Waals surface area contributed by atoms with Gasteiger partial charge >= 0.3 is 5.97 Å². The number of nitrogen functional groups attached to an aromatic ring is 1. The van der Waals surface area contributed by atoms with E-state index in [2.05, 4.69) is 5.32 Å². The molecule has 0 amide bonds. The normalized spacial score (nSPS) is 19.2. The average molecular weight is 236 g/mol. The molecule has 0 radical (unpaired) electrons. The minimum Gasteiger partial charge on any atom is -0.478 e. The number of aromatic carboxylic acids is 1. The van der Waals surface area contributed by atoms with Gasteiger partial charge in [-0.05, 0) is 31.0 Å². The summed E-state index contributed by atoms with van der Waals surface area (Å²) in [6, 6.07) is 4.83. The lowest BCUT2D eigenvalue weighted by Crippen LogP contribution is -2.19. The highest BCUT2D eigenvalue weighted by molar-refractivity contribution is 5.95. The highest BCUT2D eigenvalue weighted by Crippen LogP contribution is 2.20. The highest BCUT2D eigenvalue weighted by atomic mass is 16.5. The molecule has 5 heteroatoms. The molecule has 0 aliphatic carbocycles. The van der Waals surface area contributed by atoms with Gasteiger partial charge in [0.2, 0.25) is 0 Å². The van der Waals surface area contributed by atoms with E-state index < -0.39 is 5.97 Å². The molecule has 1 aromatic rings. The Bertz CT molecular complexity index is 414. The second-order valence-electron chi connectivity index (χ2n) is 4.13. The summed E-state index contributed by atoms with van der Waals surface area (Å²) in [6.07, 6.45) is 2.26. The summed E-state index contributed by atoms with van der Waals surface area (Å²) in [7, 11) is 0. The number of carboxylic acids is 1. The molecule has 1 aliphatic heterocycles. The molecule has 0 unspecified atom stereocenters. The van der Waals surface area contributed by atoms with Crippen molar-refractivity contribution in [2.75, 3.05) is 24.2 Å². The standard InChI is InChI=1S/C12H16N2O3/c13-8-3-4-11(10(6-8)12(15)16)14-7-9-2-1-5-17-9/h3-4,6,9,14H,1-2,5,7,13H2,(H,15,16)/t9-/m0/s1. The molecule has 1 saturated heterocycles. The van der Waals surface area contributed by atoms with E-state index in [1.165, 1.54) is 6.07 Å². The fourth-order valence-corrected chi connectivity index (χ4v) is 1.92. The van der Waals surface area contributed by atoms with Gasteiger partial charge < -0.3 is 20.9 Å². The van der Waals surface area contributed by atoms with Crippen LogP contribution in [0.15, 0.2) is 18.2 Å². The maximum absolute atomic E-state index is 11.0. The third-order valence-electron chi connectivity index (χ3n) is 2.82. The van der Waals surface area contributed by atoms with E-state index in [-0.39, 0.29) is 11.7 Å². The first-order valence-corrected chi connectivity index (χ1v) is 5.65. The van der Waals surface area contributed by atoms with Crippen LogP contribution in [0.1, 0.15) is 23.2 Å². The summed E-state index contributed by atoms with van der Waals surface area (Å²) in [5, 5.41) is 12.2. The molecule has 92 valence electrons. The predicted octanol–water partition coefficient (Wildman–Crippen LogP) is 1.56. The first-order valence-electron chi connectivity index (χ1n) is 5.65. The van der Waals surface area contributed by atoms with Gasteiger partial charge in [-0.2, -0.15) is 0 Å². The monoisotopic (exact) mass is 236 g/mol. The van der Waals surface area contributed by atoms with Crippen molar-refractivity contribution in [2.24, 2.45) is 0 Å². The van der Waals surface area contributed by atoms with Crippen LogP contribution in [-0.2, 0) is 4.74 Å². The molecule has 1 aromatic carbocycles. The van der Waals surface area contributed by atoms with Crippen molar-refractivity contribution < 1.29 is 14.6 Å². The van der Waals surface area contributed by atoms with Gasteiger partial charge in [0.25, 0.3) is 0 Å². The highest BCUT2D eigenvalue weighted by Gasteiger charge is 2.16. The molecule has 5 nitrogen and oxygen atoms in total. The number of benzene rings is 1. The average Bonchev–Trinajstić information content (AvgIpc) is 2.80. The molecule has 17 heavy (non-hydrogen) atoms. The fraction of sp³-hybridized carbons (Fsp3) is 0.417. The van der Waals surface area contributed by atoms with Crippen molar-refractivity contribution in [2.45, 2.75) is 18.9 Å². The molecule has 4 N–H and O–H groups in total. The van der Waals surface area contributed by atoms with Gasteiger partial charge in [-0.25, -0.2) is 4.79 Å². The van der Waals surface area contributed by atoms with Crippen LogP contribution in [-0.4, -0.2) is 30.3 Å². The number of hydrogen-bond donors (Lipinski definition) is 3. The number of ether oxygens (including phenoxy) is 1. The molecule has 1 aliphatic rings. The van der Waals surface area contributed by atoms with Crippen LogP contribution in [0.2, 0.25) is 0 Å². The molecular formula is C12H16N2O3. The Hall–Kier alpha value is -1.75. The molecule has 1 atom stereocenters. The van der Waals surface area contributed by atoms with Crippen molar-refractivity contribution in [1.29, 1.82) is 0 Å². The SMILES string of the molecule is Nc1ccc(NC[C@@H]2CCCO2)c(C(=O)O)c1. The first kappa shape index (κ1) is 11.7. The van der Waals surface area contributed by atoms with Crippen molar-refractivity contribution in [3.05, 3.63) is 23.8 Å². The molecule has 1 fully saturated rings. The molecular weight excluding hydrogens is 220 g/mol. The van der Waals surface area contributed by atoms with Crippen LogP contribution in [0.5, 0.6) is 0 Å². The van der Waals surface area contributed by atoms with Gasteiger partial charge in [0, 0.05) is 24.5 Å². The quantitative estimate of drug-likeness (QED) is 0.691. The van der Waals surface area contributed by atoms with E-state index in [9.17, 15) is 4.79 Å². The van der Waals surface area contributed by atoms with Gasteiger partial charge in [0.05, 0.1) is 11.7 Å². The van der Waals surface area contributed by atoms with Gasteiger partial charge in [-0.3, -0.25) is 0 Å². The summed E-state index contributed by atoms with van der Waals surface area (Å²) in [4.78, 5) is 11.0.